The van der Waals surface area contributed by atoms with E-state index < -0.39 is 18.0 Å². The molecule has 2 fully saturated rings. The number of amides is 2. The number of ether oxygens (including phenoxy) is 2. The molecule has 2 heterocycles. The number of anilines is 1. The van der Waals surface area contributed by atoms with Gasteiger partial charge in [-0.2, -0.15) is 5.26 Å². The van der Waals surface area contributed by atoms with Crippen LogP contribution in [0, 0.1) is 17.1 Å². The van der Waals surface area contributed by atoms with E-state index in [4.69, 9.17) is 9.47 Å². The zero-order valence-electron chi connectivity index (χ0n) is 21.0. The van der Waals surface area contributed by atoms with Crippen LogP contribution < -0.4 is 20.1 Å². The number of aliphatic hydroxyl groups excluding tert-OH is 1. The first-order valence-electron chi connectivity index (χ1n) is 12.9. The van der Waals surface area contributed by atoms with Crippen molar-refractivity contribution in [1.82, 2.24) is 15.2 Å². The van der Waals surface area contributed by atoms with Gasteiger partial charge in [-0.25, -0.2) is 9.18 Å². The molecule has 9 nitrogen and oxygen atoms in total. The van der Waals surface area contributed by atoms with Crippen molar-refractivity contribution in [3.05, 3.63) is 54.0 Å². The number of fused-ring (bicyclic) bond motifs is 1. The number of piperidine rings is 1. The summed E-state index contributed by atoms with van der Waals surface area (Å²) in [6.07, 6.45) is 6.24. The molecular weight excluding hydrogens is 489 g/mol. The molecule has 38 heavy (non-hydrogen) atoms. The Labute approximate surface area is 220 Å². The van der Waals surface area contributed by atoms with Gasteiger partial charge in [0.25, 0.3) is 0 Å². The average molecular weight is 520 g/mol. The number of nitriles is 1. The summed E-state index contributed by atoms with van der Waals surface area (Å²) in [5.74, 6) is 0.300. The van der Waals surface area contributed by atoms with Crippen LogP contribution in [-0.4, -0.2) is 59.4 Å². The van der Waals surface area contributed by atoms with Crippen molar-refractivity contribution in [3.63, 3.8) is 0 Å². The van der Waals surface area contributed by atoms with Crippen LogP contribution in [0.1, 0.15) is 37.7 Å². The molecule has 0 spiro atoms. The molecule has 0 bridgehead atoms. The Balaban J connectivity index is 1.28. The van der Waals surface area contributed by atoms with Gasteiger partial charge in [0.15, 0.2) is 0 Å². The maximum Gasteiger partial charge on any atom is 0.319 e. The van der Waals surface area contributed by atoms with Gasteiger partial charge in [-0.3, -0.25) is 4.98 Å². The predicted molar refractivity (Wildman–Crippen MR) is 140 cm³/mol. The fourth-order valence-electron chi connectivity index (χ4n) is 4.48. The third-order valence-corrected chi connectivity index (χ3v) is 6.60. The number of urea groups is 1. The number of likely N-dealkylation sites (tertiary alicyclic amines) is 1. The van der Waals surface area contributed by atoms with E-state index in [-0.39, 0.29) is 29.6 Å². The lowest BCUT2D eigenvalue weighted by Crippen LogP contribution is -2.38. The summed E-state index contributed by atoms with van der Waals surface area (Å²) in [4.78, 5) is 18.5. The zero-order chi connectivity index (χ0) is 26.5. The number of β-amino-alcohol motifs (C(OH)–C–C–N with tert-alkyl or cyclic N) is 1. The highest BCUT2D eigenvalue weighted by molar-refractivity contribution is 5.90. The smallest absolute Gasteiger partial charge is 0.319 e. The highest BCUT2D eigenvalue weighted by Crippen LogP contribution is 2.34. The van der Waals surface area contributed by atoms with Gasteiger partial charge < -0.3 is 30.1 Å². The molecule has 1 saturated carbocycles. The maximum atomic E-state index is 14.6. The number of rotatable bonds is 9. The van der Waals surface area contributed by atoms with Crippen LogP contribution in [0.3, 0.4) is 0 Å². The normalized spacial score (nSPS) is 16.4. The summed E-state index contributed by atoms with van der Waals surface area (Å²) < 4.78 is 26.4. The Bertz CT molecular complexity index is 1350. The molecule has 1 aliphatic heterocycles. The van der Waals surface area contributed by atoms with Crippen LogP contribution in [0.5, 0.6) is 17.2 Å². The monoisotopic (exact) mass is 519 g/mol. The lowest BCUT2D eigenvalue weighted by Gasteiger charge is -2.28. The molecule has 0 unspecified atom stereocenters. The molecule has 3 N–H and O–H groups in total. The van der Waals surface area contributed by atoms with E-state index in [1.807, 2.05) is 0 Å². The standard InChI is InChI=1S/C28H30FN5O4/c29-23-13-21(6-7-24(23)33-28(36)32-19-4-5-19)38-26-8-9-31-25-14-27(18(15-30)12-22(25)26)37-17-20(35)16-34-10-2-1-3-11-34/h6-9,12-14,19-20,35H,1-5,10-11,16-17H2,(H2,32,33,36)/t20-/m0/s1. The summed E-state index contributed by atoms with van der Waals surface area (Å²) in [5, 5.41) is 26.0. The average Bonchev–Trinajstić information content (AvgIpc) is 3.73. The summed E-state index contributed by atoms with van der Waals surface area (Å²) in [7, 11) is 0. The number of hydrogen-bond acceptors (Lipinski definition) is 7. The van der Waals surface area contributed by atoms with Crippen LogP contribution in [0.4, 0.5) is 14.9 Å². The van der Waals surface area contributed by atoms with Crippen molar-refractivity contribution < 1.29 is 23.8 Å². The van der Waals surface area contributed by atoms with Crippen LogP contribution >= 0.6 is 0 Å². The molecule has 2 aromatic carbocycles. The number of carbonyl (C=O) groups excluding carboxylic acids is 1. The fourth-order valence-corrected chi connectivity index (χ4v) is 4.48. The SMILES string of the molecule is N#Cc1cc2c(Oc3ccc(NC(=O)NC4CC4)c(F)c3)ccnc2cc1OC[C@@H](O)CN1CCCCC1. The Morgan fingerprint density at radius 1 is 1.18 bits per heavy atom. The van der Waals surface area contributed by atoms with Gasteiger partial charge >= 0.3 is 6.03 Å². The number of aromatic nitrogens is 1. The van der Waals surface area contributed by atoms with Gasteiger partial charge in [-0.05, 0) is 63.0 Å². The number of aliphatic hydroxyl groups is 1. The van der Waals surface area contributed by atoms with Crippen LogP contribution in [-0.2, 0) is 0 Å². The number of halogens is 1. The molecule has 2 aliphatic rings. The van der Waals surface area contributed by atoms with Crippen molar-refractivity contribution in [2.24, 2.45) is 0 Å². The first kappa shape index (κ1) is 25.7. The molecule has 10 heteroatoms. The molecule has 0 radical (unpaired) electrons. The minimum Gasteiger partial charge on any atom is -0.489 e. The van der Waals surface area contributed by atoms with Gasteiger partial charge in [-0.1, -0.05) is 6.42 Å². The number of nitrogens with one attached hydrogen (secondary N) is 2. The fraction of sp³-hybridized carbons (Fsp3) is 0.393. The van der Waals surface area contributed by atoms with E-state index >= 15 is 0 Å². The number of carbonyl (C=O) groups is 1. The summed E-state index contributed by atoms with van der Waals surface area (Å²) in [6, 6.07) is 10.9. The molecule has 1 aromatic heterocycles. The predicted octanol–water partition coefficient (Wildman–Crippen LogP) is 4.55. The topological polar surface area (TPSA) is 120 Å². The molecule has 1 atom stereocenters. The van der Waals surface area contributed by atoms with E-state index in [0.717, 1.165) is 38.8 Å². The molecule has 198 valence electrons. The van der Waals surface area contributed by atoms with Crippen molar-refractivity contribution in [2.75, 3.05) is 31.6 Å². The Morgan fingerprint density at radius 3 is 2.74 bits per heavy atom. The minimum atomic E-state index is -0.676. The molecule has 3 aromatic rings. The van der Waals surface area contributed by atoms with E-state index in [0.29, 0.717) is 28.9 Å². The van der Waals surface area contributed by atoms with Crippen LogP contribution in [0.2, 0.25) is 0 Å². The highest BCUT2D eigenvalue weighted by atomic mass is 19.1. The van der Waals surface area contributed by atoms with Crippen molar-refractivity contribution in [1.29, 1.82) is 5.26 Å². The van der Waals surface area contributed by atoms with Gasteiger partial charge in [0.05, 0.1) is 16.8 Å². The van der Waals surface area contributed by atoms with E-state index in [1.165, 1.54) is 18.6 Å². The first-order valence-corrected chi connectivity index (χ1v) is 12.9. The van der Waals surface area contributed by atoms with Crippen molar-refractivity contribution in [2.45, 2.75) is 44.2 Å². The maximum absolute atomic E-state index is 14.6. The third kappa shape index (κ3) is 6.49. The Kier molecular flexibility index (Phi) is 7.86. The molecule has 2 amide bonds. The second-order valence-electron chi connectivity index (χ2n) is 9.73. The van der Waals surface area contributed by atoms with Gasteiger partial charge in [0, 0.05) is 36.3 Å². The van der Waals surface area contributed by atoms with E-state index in [2.05, 4.69) is 26.6 Å². The molecule has 5 rings (SSSR count). The Morgan fingerprint density at radius 2 is 2.00 bits per heavy atom. The van der Waals surface area contributed by atoms with Crippen LogP contribution in [0.25, 0.3) is 10.9 Å². The second kappa shape index (κ2) is 11.6. The summed E-state index contributed by atoms with van der Waals surface area (Å²) in [5.41, 5.74) is 0.844. The third-order valence-electron chi connectivity index (χ3n) is 6.60. The van der Waals surface area contributed by atoms with E-state index in [9.17, 15) is 19.6 Å². The quantitative estimate of drug-likeness (QED) is 0.379. The van der Waals surface area contributed by atoms with Gasteiger partial charge in [0.2, 0.25) is 0 Å². The Hall–Kier alpha value is -3.94. The molecular formula is C28H30FN5O4. The van der Waals surface area contributed by atoms with Crippen LogP contribution in [0.15, 0.2) is 42.6 Å². The first-order chi connectivity index (χ1) is 18.5. The van der Waals surface area contributed by atoms with Crippen molar-refractivity contribution >= 4 is 22.6 Å². The molecule has 1 aliphatic carbocycles. The number of hydrogen-bond donors (Lipinski definition) is 3. The lowest BCUT2D eigenvalue weighted by molar-refractivity contribution is 0.0617. The highest BCUT2D eigenvalue weighted by Gasteiger charge is 2.23. The number of pyridine rings is 1. The second-order valence-corrected chi connectivity index (χ2v) is 9.73. The molecule has 1 saturated heterocycles. The largest absolute Gasteiger partial charge is 0.489 e. The number of benzene rings is 2. The zero-order valence-corrected chi connectivity index (χ0v) is 21.0. The minimum absolute atomic E-state index is 0.0473. The van der Waals surface area contributed by atoms with Gasteiger partial charge in [0.1, 0.15) is 41.8 Å². The van der Waals surface area contributed by atoms with Crippen molar-refractivity contribution in [3.8, 4) is 23.3 Å². The van der Waals surface area contributed by atoms with E-state index in [1.54, 1.807) is 30.5 Å². The number of nitrogens with zero attached hydrogens (tertiary/aromatic N) is 3. The van der Waals surface area contributed by atoms with Gasteiger partial charge in [-0.15, -0.1) is 0 Å². The lowest BCUT2D eigenvalue weighted by atomic mass is 10.1. The summed E-state index contributed by atoms with van der Waals surface area (Å²) >= 11 is 0. The summed E-state index contributed by atoms with van der Waals surface area (Å²) in [6.45, 7) is 2.54.